The number of nitrogen functional groups attached to an aromatic ring is 1. The molecule has 4 aliphatic rings. The number of fused-ring (bicyclic) bond motifs is 6. The van der Waals surface area contributed by atoms with Gasteiger partial charge >= 0.3 is 18.2 Å². The van der Waals surface area contributed by atoms with Gasteiger partial charge in [-0.05, 0) is 157 Å². The number of nitrogens with one attached hydrogen (secondary N) is 4. The van der Waals surface area contributed by atoms with Crippen LogP contribution in [-0.2, 0) is 58.9 Å². The molecule has 0 bridgehead atoms. The monoisotopic (exact) mass is 1120 g/mol. The SMILES string of the molecule is CC(C)[C@H](N)C(=O)N[C@@H](CCCNC(N)=O)C(=O)Nc1ccc(COC(=O)N(C)CCN(CCOCCO)C(=O)Oc2ccc3c(c2)[C@@]2(C)CCC[C@](C)(C(=O)NC(=O)[C@@]4(C)CCC[C@]5(C)c6cc(N)ccc6CC[C@@H]45)[C@@H]2CC3)cc1. The number of primary amides is 1. The van der Waals surface area contributed by atoms with Crippen LogP contribution >= 0.6 is 0 Å². The summed E-state index contributed by atoms with van der Waals surface area (Å²) < 4.78 is 17.2. The molecule has 0 saturated heterocycles. The maximum atomic E-state index is 14.8. The van der Waals surface area contributed by atoms with Crippen molar-refractivity contribution in [3.05, 3.63) is 88.5 Å². The summed E-state index contributed by atoms with van der Waals surface area (Å²) >= 11 is 0. The highest BCUT2D eigenvalue weighted by molar-refractivity contribution is 6.01. The van der Waals surface area contributed by atoms with E-state index in [0.29, 0.717) is 36.3 Å². The van der Waals surface area contributed by atoms with Gasteiger partial charge in [-0.25, -0.2) is 14.4 Å². The van der Waals surface area contributed by atoms with Crippen LogP contribution < -0.4 is 43.2 Å². The second kappa shape index (κ2) is 26.4. The molecule has 0 unspecified atom stereocenters. The topological polar surface area (TPSA) is 300 Å². The fourth-order valence-electron chi connectivity index (χ4n) is 13.6. The lowest BCUT2D eigenvalue weighted by atomic mass is 9.49. The molecular weight excluding hydrogens is 1030 g/mol. The van der Waals surface area contributed by atoms with Gasteiger partial charge < -0.3 is 62.3 Å². The first-order valence-corrected chi connectivity index (χ1v) is 28.8. The van der Waals surface area contributed by atoms with E-state index in [1.165, 1.54) is 20.9 Å². The first-order valence-electron chi connectivity index (χ1n) is 28.8. The summed E-state index contributed by atoms with van der Waals surface area (Å²) in [6, 6.07) is 16.0. The molecule has 0 aliphatic heterocycles. The molecule has 7 rings (SSSR count). The van der Waals surface area contributed by atoms with Crippen LogP contribution in [0.25, 0.3) is 0 Å². The molecule has 3 aromatic rings. The van der Waals surface area contributed by atoms with Crippen LogP contribution in [0, 0.1) is 28.6 Å². The van der Waals surface area contributed by atoms with Crippen LogP contribution in [0.1, 0.15) is 134 Å². The number of carbonyl (C=O) groups excluding carboxylic acids is 7. The van der Waals surface area contributed by atoms with E-state index < -0.39 is 58.4 Å². The fourth-order valence-corrected chi connectivity index (χ4v) is 13.6. The van der Waals surface area contributed by atoms with Crippen molar-refractivity contribution in [1.82, 2.24) is 25.8 Å². The molecular formula is C61H87N9O11. The highest BCUT2D eigenvalue weighted by Crippen LogP contribution is 2.60. The second-order valence-electron chi connectivity index (χ2n) is 24.2. The number of aliphatic hydroxyl groups excluding tert-OH is 1. The molecule has 0 radical (unpaired) electrons. The van der Waals surface area contributed by atoms with Gasteiger partial charge in [0.25, 0.3) is 0 Å². The summed E-state index contributed by atoms with van der Waals surface area (Å²) in [4.78, 5) is 96.8. The van der Waals surface area contributed by atoms with Gasteiger partial charge in [0, 0.05) is 44.6 Å². The van der Waals surface area contributed by atoms with E-state index in [0.717, 1.165) is 68.2 Å². The van der Waals surface area contributed by atoms with Gasteiger partial charge in [-0.3, -0.25) is 24.5 Å². The van der Waals surface area contributed by atoms with E-state index in [2.05, 4.69) is 54.2 Å². The van der Waals surface area contributed by atoms with Crippen molar-refractivity contribution in [1.29, 1.82) is 0 Å². The first kappa shape index (κ1) is 61.8. The lowest BCUT2D eigenvalue weighted by molar-refractivity contribution is -0.150. The van der Waals surface area contributed by atoms with E-state index >= 15 is 0 Å². The molecule has 8 amide bonds. The summed E-state index contributed by atoms with van der Waals surface area (Å²) in [5.41, 5.74) is 21.7. The number of likely N-dealkylation sites (N-methyl/N-ethyl adjacent to an activating group) is 1. The van der Waals surface area contributed by atoms with Gasteiger partial charge in [0.1, 0.15) is 18.4 Å². The minimum atomic E-state index is -0.942. The zero-order chi connectivity index (χ0) is 58.9. The molecule has 0 spiro atoms. The minimum absolute atomic E-state index is 0.0557. The first-order chi connectivity index (χ1) is 38.4. The fraction of sp³-hybridized carbons (Fsp3) is 0.590. The zero-order valence-corrected chi connectivity index (χ0v) is 48.5. The number of nitrogens with zero attached hydrogens (tertiary/aromatic N) is 2. The number of hydrogen-bond acceptors (Lipinski definition) is 13. The summed E-state index contributed by atoms with van der Waals surface area (Å²) in [5, 5.41) is 20.4. The number of amides is 8. The summed E-state index contributed by atoms with van der Waals surface area (Å²) in [5.74, 6) is -1.23. The Morgan fingerprint density at radius 2 is 1.36 bits per heavy atom. The Morgan fingerprint density at radius 1 is 0.753 bits per heavy atom. The molecule has 11 N–H and O–H groups in total. The van der Waals surface area contributed by atoms with E-state index in [1.807, 2.05) is 25.1 Å². The van der Waals surface area contributed by atoms with Crippen molar-refractivity contribution in [2.75, 3.05) is 64.1 Å². The third-order valence-corrected chi connectivity index (χ3v) is 18.4. The third-order valence-electron chi connectivity index (χ3n) is 18.4. The van der Waals surface area contributed by atoms with E-state index in [1.54, 1.807) is 51.2 Å². The number of ether oxygens (including phenoxy) is 3. The van der Waals surface area contributed by atoms with Gasteiger partial charge in [0.15, 0.2) is 0 Å². The Balaban J connectivity index is 0.951. The van der Waals surface area contributed by atoms with Crippen molar-refractivity contribution >= 4 is 53.2 Å². The largest absolute Gasteiger partial charge is 0.445 e. The van der Waals surface area contributed by atoms with Gasteiger partial charge in [0.2, 0.25) is 23.6 Å². The van der Waals surface area contributed by atoms with Crippen LogP contribution in [0.15, 0.2) is 60.7 Å². The van der Waals surface area contributed by atoms with Crippen molar-refractivity contribution in [2.45, 2.75) is 148 Å². The summed E-state index contributed by atoms with van der Waals surface area (Å²) in [6.07, 6.45) is 7.26. The van der Waals surface area contributed by atoms with Crippen molar-refractivity contribution in [2.24, 2.45) is 40.1 Å². The third kappa shape index (κ3) is 14.1. The lowest BCUT2D eigenvalue weighted by Crippen LogP contribution is -2.60. The number of nitrogens with two attached hydrogens (primary N) is 3. The number of aryl methyl sites for hydroxylation is 2. The highest BCUT2D eigenvalue weighted by atomic mass is 16.6. The van der Waals surface area contributed by atoms with E-state index in [9.17, 15) is 38.7 Å². The molecule has 2 fully saturated rings. The maximum Gasteiger partial charge on any atom is 0.415 e. The molecule has 81 heavy (non-hydrogen) atoms. The van der Waals surface area contributed by atoms with Crippen LogP contribution in [0.5, 0.6) is 5.75 Å². The molecule has 8 atom stereocenters. The number of rotatable bonds is 22. The molecule has 3 aromatic carbocycles. The van der Waals surface area contributed by atoms with E-state index in [4.69, 9.17) is 31.4 Å². The average Bonchev–Trinajstić information content (AvgIpc) is 3.59. The van der Waals surface area contributed by atoms with Crippen LogP contribution in [0.3, 0.4) is 0 Å². The summed E-state index contributed by atoms with van der Waals surface area (Å²) in [6.45, 7) is 12.5. The lowest BCUT2D eigenvalue weighted by Gasteiger charge is -2.56. The molecule has 0 aromatic heterocycles. The van der Waals surface area contributed by atoms with Crippen LogP contribution in [-0.4, -0.2) is 122 Å². The minimum Gasteiger partial charge on any atom is -0.445 e. The molecule has 0 heterocycles. The van der Waals surface area contributed by atoms with Gasteiger partial charge in [-0.15, -0.1) is 0 Å². The van der Waals surface area contributed by atoms with Crippen LogP contribution in [0.4, 0.5) is 25.8 Å². The number of hydrogen-bond donors (Lipinski definition) is 8. The standard InChI is InChI=1S/C61H87N9O11/c1-38(2)50(63)52(73)67-47(11-8-28-65-55(64)76)51(72)66-43-19-12-39(13-20-43)37-80-56(77)69(7)29-30-70(31-33-79-34-32-71)57(78)81-44-21-15-41-17-23-49-59(4,46(41)36-44)25-10-27-61(49,6)54(75)68-53(74)60(5)26-9-24-58(3)45-35-42(62)18-14-40(45)16-22-48(58)60/h12-15,18-21,35-36,38,47-50,71H,8-11,16-17,22-34,37,62-63H2,1-7H3,(H,66,72)(H,67,73)(H3,64,65,76)(H,68,74,75)/t47-,48+,49+,50-,58+,59+,60-,61-/m0/s1. The Bertz CT molecular complexity index is 2780. The number of carbonyl (C=O) groups is 7. The smallest absolute Gasteiger partial charge is 0.415 e. The Hall–Kier alpha value is -6.77. The molecule has 2 saturated carbocycles. The summed E-state index contributed by atoms with van der Waals surface area (Å²) in [7, 11) is 1.55. The van der Waals surface area contributed by atoms with Crippen molar-refractivity contribution in [3.8, 4) is 5.75 Å². The van der Waals surface area contributed by atoms with Crippen LogP contribution in [0.2, 0.25) is 0 Å². The molecule has 20 heteroatoms. The normalized spacial score (nSPS) is 24.3. The second-order valence-corrected chi connectivity index (χ2v) is 24.2. The van der Waals surface area contributed by atoms with Crippen molar-refractivity contribution in [3.63, 3.8) is 0 Å². The highest BCUT2D eigenvalue weighted by Gasteiger charge is 2.58. The zero-order valence-electron chi connectivity index (χ0n) is 48.5. The Kier molecular flexibility index (Phi) is 20.2. The Morgan fingerprint density at radius 3 is 1.95 bits per heavy atom. The molecule has 4 aliphatic carbocycles. The quantitative estimate of drug-likeness (QED) is 0.0301. The number of benzene rings is 3. The maximum absolute atomic E-state index is 14.8. The number of imide groups is 1. The van der Waals surface area contributed by atoms with Gasteiger partial charge in [-0.2, -0.15) is 0 Å². The average molecular weight is 1120 g/mol. The van der Waals surface area contributed by atoms with Crippen molar-refractivity contribution < 1.29 is 52.9 Å². The number of urea groups is 1. The number of aliphatic hydroxyl groups is 1. The predicted octanol–water partition coefficient (Wildman–Crippen LogP) is 6.57. The predicted molar refractivity (Wildman–Crippen MR) is 308 cm³/mol. The van der Waals surface area contributed by atoms with Gasteiger partial charge in [-0.1, -0.05) is 78.6 Å². The van der Waals surface area contributed by atoms with Gasteiger partial charge in [0.05, 0.1) is 36.7 Å². The molecule has 442 valence electrons. The molecule has 20 nitrogen and oxygen atoms in total. The Labute approximate surface area is 476 Å². The van der Waals surface area contributed by atoms with E-state index in [-0.39, 0.29) is 94.0 Å². The number of anilines is 2.